The van der Waals surface area contributed by atoms with Crippen LogP contribution in [0.5, 0.6) is 0 Å². The van der Waals surface area contributed by atoms with E-state index in [1.54, 1.807) is 13.8 Å². The molecule has 1 saturated carbocycles. The Labute approximate surface area is 65.8 Å². The lowest BCUT2D eigenvalue weighted by Gasteiger charge is -2.22. The fourth-order valence-electron chi connectivity index (χ4n) is 1.32. The van der Waals surface area contributed by atoms with Crippen molar-refractivity contribution in [1.29, 1.82) is 0 Å². The summed E-state index contributed by atoms with van der Waals surface area (Å²) in [6, 6.07) is 0. The zero-order valence-corrected chi connectivity index (χ0v) is 6.13. The first-order chi connectivity index (χ1) is 4.40. The fourth-order valence-corrected chi connectivity index (χ4v) is 1.32. The molecular weight excluding hydrogens is 153 g/mol. The van der Waals surface area contributed by atoms with Crippen LogP contribution in [0.3, 0.4) is 0 Å². The van der Waals surface area contributed by atoms with E-state index in [4.69, 9.17) is 0 Å². The fraction of sp³-hybridized carbons (Fsp3) is 1.00. The van der Waals surface area contributed by atoms with Gasteiger partial charge in [-0.1, -0.05) is 21.3 Å². The molecule has 0 unspecified atom stereocenters. The zero-order valence-electron chi connectivity index (χ0n) is 6.13. The lowest BCUT2D eigenvalue weighted by atomic mass is 9.92. The highest BCUT2D eigenvalue weighted by atomic mass is 19.4. The Morgan fingerprint density at radius 2 is 1.55 bits per heavy atom. The van der Waals surface area contributed by atoms with Gasteiger partial charge in [0.05, 0.1) is 5.41 Å². The van der Waals surface area contributed by atoms with E-state index in [-0.39, 0.29) is 13.3 Å². The minimum absolute atomic E-state index is 0. The molecule has 3 heteroatoms. The molecule has 0 aromatic carbocycles. The molecule has 0 saturated heterocycles. The number of rotatable bonds is 1. The topological polar surface area (TPSA) is 0 Å². The van der Waals surface area contributed by atoms with Gasteiger partial charge in [0.25, 0.3) is 0 Å². The average molecular weight is 168 g/mol. The van der Waals surface area contributed by atoms with Crippen LogP contribution in [-0.4, -0.2) is 6.18 Å². The molecule has 1 aliphatic rings. The van der Waals surface area contributed by atoms with Crippen LogP contribution in [0.25, 0.3) is 0 Å². The van der Waals surface area contributed by atoms with Gasteiger partial charge in [0.15, 0.2) is 0 Å². The first kappa shape index (κ1) is 10.8. The second kappa shape index (κ2) is 2.68. The molecule has 0 aromatic rings. The first-order valence-electron chi connectivity index (χ1n) is 3.47. The van der Waals surface area contributed by atoms with Gasteiger partial charge in [-0.25, -0.2) is 0 Å². The summed E-state index contributed by atoms with van der Waals surface area (Å²) >= 11 is 0. The summed E-state index contributed by atoms with van der Waals surface area (Å²) in [5.41, 5.74) is -1.31. The van der Waals surface area contributed by atoms with E-state index < -0.39 is 11.6 Å². The lowest BCUT2D eigenvalue weighted by molar-refractivity contribution is -0.199. The average Bonchev–Trinajstić information content (AvgIpc) is 2.36. The predicted octanol–water partition coefficient (Wildman–Crippen LogP) is 3.62. The Hall–Kier alpha value is -0.210. The van der Waals surface area contributed by atoms with Crippen molar-refractivity contribution in [2.75, 3.05) is 0 Å². The molecule has 0 spiro atoms. The highest BCUT2D eigenvalue weighted by Crippen LogP contribution is 2.62. The minimum Gasteiger partial charge on any atom is -0.170 e. The lowest BCUT2D eigenvalue weighted by Crippen LogP contribution is -2.29. The van der Waals surface area contributed by atoms with Gasteiger partial charge >= 0.3 is 6.18 Å². The largest absolute Gasteiger partial charge is 0.394 e. The van der Waals surface area contributed by atoms with Crippen molar-refractivity contribution in [3.05, 3.63) is 0 Å². The Morgan fingerprint density at radius 1 is 1.18 bits per heavy atom. The van der Waals surface area contributed by atoms with Crippen LogP contribution in [0, 0.1) is 11.3 Å². The summed E-state index contributed by atoms with van der Waals surface area (Å²) < 4.78 is 36.4. The summed E-state index contributed by atoms with van der Waals surface area (Å²) in [5.74, 6) is -0.257. The number of hydrogen-bond donors (Lipinski definition) is 0. The third-order valence-electron chi connectivity index (χ3n) is 2.46. The van der Waals surface area contributed by atoms with E-state index in [0.717, 1.165) is 0 Å². The van der Waals surface area contributed by atoms with Crippen molar-refractivity contribution in [2.24, 2.45) is 11.3 Å². The molecule has 68 valence electrons. The smallest absolute Gasteiger partial charge is 0.170 e. The van der Waals surface area contributed by atoms with Crippen molar-refractivity contribution in [1.82, 2.24) is 0 Å². The van der Waals surface area contributed by atoms with Gasteiger partial charge in [-0.15, -0.1) is 0 Å². The van der Waals surface area contributed by atoms with Crippen molar-refractivity contribution in [2.45, 2.75) is 40.3 Å². The summed E-state index contributed by atoms with van der Waals surface area (Å²) in [6.45, 7) is 3.28. The quantitative estimate of drug-likeness (QED) is 0.561. The Balaban J connectivity index is 0.000001000. The second-order valence-corrected chi connectivity index (χ2v) is 3.31. The van der Waals surface area contributed by atoms with Crippen LogP contribution >= 0.6 is 0 Å². The molecule has 11 heavy (non-hydrogen) atoms. The van der Waals surface area contributed by atoms with Gasteiger partial charge in [0, 0.05) is 0 Å². The van der Waals surface area contributed by atoms with E-state index in [9.17, 15) is 13.2 Å². The van der Waals surface area contributed by atoms with E-state index in [1.165, 1.54) is 0 Å². The van der Waals surface area contributed by atoms with Crippen molar-refractivity contribution in [3.8, 4) is 0 Å². The summed E-state index contributed by atoms with van der Waals surface area (Å²) in [4.78, 5) is 0. The number of alkyl halides is 3. The predicted molar refractivity (Wildman–Crippen MR) is 39.3 cm³/mol. The Bertz CT molecular complexity index is 131. The third kappa shape index (κ3) is 1.52. The van der Waals surface area contributed by atoms with Crippen LogP contribution in [0.1, 0.15) is 34.1 Å². The van der Waals surface area contributed by atoms with Crippen LogP contribution in [0.15, 0.2) is 0 Å². The van der Waals surface area contributed by atoms with Gasteiger partial charge in [-0.3, -0.25) is 0 Å². The van der Waals surface area contributed by atoms with Crippen LogP contribution < -0.4 is 0 Å². The van der Waals surface area contributed by atoms with E-state index in [2.05, 4.69) is 0 Å². The molecule has 0 radical (unpaired) electrons. The number of halogens is 3. The van der Waals surface area contributed by atoms with Gasteiger partial charge in [0.2, 0.25) is 0 Å². The van der Waals surface area contributed by atoms with E-state index in [0.29, 0.717) is 12.8 Å². The van der Waals surface area contributed by atoms with Crippen molar-refractivity contribution >= 4 is 0 Å². The van der Waals surface area contributed by atoms with Crippen LogP contribution in [-0.2, 0) is 0 Å². The molecule has 0 N–H and O–H groups in total. The molecule has 0 amide bonds. The molecule has 0 aromatic heterocycles. The van der Waals surface area contributed by atoms with Gasteiger partial charge in [-0.05, 0) is 18.8 Å². The SMILES string of the molecule is C.CC(C)C1(C(F)(F)F)CC1. The molecule has 0 heterocycles. The van der Waals surface area contributed by atoms with Crippen molar-refractivity contribution < 1.29 is 13.2 Å². The third-order valence-corrected chi connectivity index (χ3v) is 2.46. The highest BCUT2D eigenvalue weighted by molar-refractivity contribution is 5.00. The zero-order chi connectivity index (χ0) is 7.99. The molecule has 1 rings (SSSR count). The van der Waals surface area contributed by atoms with Crippen molar-refractivity contribution in [3.63, 3.8) is 0 Å². The summed E-state index contributed by atoms with van der Waals surface area (Å²) in [5, 5.41) is 0. The molecule has 1 fully saturated rings. The maximum Gasteiger partial charge on any atom is 0.394 e. The Morgan fingerprint density at radius 3 is 1.55 bits per heavy atom. The molecule has 0 bridgehead atoms. The standard InChI is InChI=1S/C7H11F3.CH4/c1-5(2)6(3-4-6)7(8,9)10;/h5H,3-4H2,1-2H3;1H4. The van der Waals surface area contributed by atoms with E-state index >= 15 is 0 Å². The maximum absolute atomic E-state index is 12.1. The van der Waals surface area contributed by atoms with Crippen LogP contribution in [0.2, 0.25) is 0 Å². The first-order valence-corrected chi connectivity index (χ1v) is 3.47. The minimum atomic E-state index is -3.97. The molecular formula is C8H15F3. The molecule has 0 nitrogen and oxygen atoms in total. The summed E-state index contributed by atoms with van der Waals surface area (Å²) in [7, 11) is 0. The van der Waals surface area contributed by atoms with Gasteiger partial charge < -0.3 is 0 Å². The molecule has 0 atom stereocenters. The maximum atomic E-state index is 12.1. The van der Waals surface area contributed by atoms with E-state index in [1.807, 2.05) is 0 Å². The highest BCUT2D eigenvalue weighted by Gasteiger charge is 2.64. The molecule has 1 aliphatic carbocycles. The van der Waals surface area contributed by atoms with Gasteiger partial charge in [0.1, 0.15) is 0 Å². The molecule has 0 aliphatic heterocycles. The summed E-state index contributed by atoms with van der Waals surface area (Å²) in [6.07, 6.45) is -3.32. The monoisotopic (exact) mass is 168 g/mol. The van der Waals surface area contributed by atoms with Gasteiger partial charge in [-0.2, -0.15) is 13.2 Å². The Kier molecular flexibility index (Phi) is 2.63. The number of hydrogen-bond acceptors (Lipinski definition) is 0. The normalized spacial score (nSPS) is 21.3. The second-order valence-electron chi connectivity index (χ2n) is 3.31. The van der Waals surface area contributed by atoms with Crippen LogP contribution in [0.4, 0.5) is 13.2 Å².